The van der Waals surface area contributed by atoms with Crippen molar-refractivity contribution in [2.45, 2.75) is 18.3 Å². The molecular weight excluding hydrogens is 130 g/mol. The normalized spacial score (nSPS) is 17.4. The molecule has 2 atom stereocenters. The zero-order valence-electron chi connectivity index (χ0n) is 4.47. The Balaban J connectivity index is 3.64. The maximum atomic E-state index is 9.93. The predicted octanol–water partition coefficient (Wildman–Crippen LogP) is 0.0256. The Hall–Kier alpha value is -0.280. The second-order valence-corrected chi connectivity index (χ2v) is 2.23. The summed E-state index contributed by atoms with van der Waals surface area (Å²) in [6.45, 7) is 1.54. The minimum absolute atomic E-state index is 0.507. The Morgan fingerprint density at radius 1 is 1.88 bits per heavy atom. The Labute approximate surface area is 52.4 Å². The van der Waals surface area contributed by atoms with Gasteiger partial charge in [0.1, 0.15) is 6.04 Å². The third kappa shape index (κ3) is 2.14. The van der Waals surface area contributed by atoms with Crippen LogP contribution in [0.3, 0.4) is 0 Å². The number of aliphatic carboxylic acids is 1. The summed E-state index contributed by atoms with van der Waals surface area (Å²) >= 11 is 5.32. The third-order valence-corrected chi connectivity index (χ3v) is 1.05. The molecule has 0 aliphatic heterocycles. The number of rotatable bonds is 2. The summed E-state index contributed by atoms with van der Waals surface area (Å²) in [5.74, 6) is -1.06. The van der Waals surface area contributed by atoms with Gasteiger partial charge in [-0.05, 0) is 6.92 Å². The van der Waals surface area contributed by atoms with Crippen LogP contribution in [0.5, 0.6) is 0 Å². The molecule has 0 amide bonds. The molecule has 0 saturated heterocycles. The van der Waals surface area contributed by atoms with Crippen molar-refractivity contribution in [3.05, 3.63) is 0 Å². The van der Waals surface area contributed by atoms with E-state index >= 15 is 0 Å². The average molecular weight is 138 g/mol. The maximum Gasteiger partial charge on any atom is 0.322 e. The monoisotopic (exact) mass is 137 g/mol. The SMILES string of the molecule is C[C@H](Cl)[C@H](N)C(=O)O. The highest BCUT2D eigenvalue weighted by molar-refractivity contribution is 6.22. The summed E-state index contributed by atoms with van der Waals surface area (Å²) in [6, 6.07) is -0.948. The van der Waals surface area contributed by atoms with E-state index in [0.29, 0.717) is 0 Å². The number of alkyl halides is 1. The molecule has 4 heteroatoms. The Kier molecular flexibility index (Phi) is 2.79. The standard InChI is InChI=1S/C4H8ClNO2/c1-2(5)3(6)4(7)8/h2-3H,6H2,1H3,(H,7,8)/t2-,3-/m0/s1. The van der Waals surface area contributed by atoms with E-state index in [4.69, 9.17) is 22.4 Å². The van der Waals surface area contributed by atoms with Gasteiger partial charge in [-0.25, -0.2) is 0 Å². The molecule has 8 heavy (non-hydrogen) atoms. The van der Waals surface area contributed by atoms with Crippen LogP contribution in [0.15, 0.2) is 0 Å². The van der Waals surface area contributed by atoms with E-state index in [0.717, 1.165) is 0 Å². The highest BCUT2D eigenvalue weighted by atomic mass is 35.5. The van der Waals surface area contributed by atoms with Gasteiger partial charge in [0.05, 0.1) is 5.38 Å². The lowest BCUT2D eigenvalue weighted by molar-refractivity contribution is -0.138. The summed E-state index contributed by atoms with van der Waals surface area (Å²) in [5.41, 5.74) is 5.03. The Morgan fingerprint density at radius 2 is 2.25 bits per heavy atom. The molecule has 0 aromatic carbocycles. The largest absolute Gasteiger partial charge is 0.480 e. The lowest BCUT2D eigenvalue weighted by Gasteiger charge is -2.05. The van der Waals surface area contributed by atoms with E-state index < -0.39 is 17.4 Å². The van der Waals surface area contributed by atoms with Gasteiger partial charge in [-0.1, -0.05) is 0 Å². The number of carbonyl (C=O) groups is 1. The summed E-state index contributed by atoms with van der Waals surface area (Å²) in [6.07, 6.45) is 0. The van der Waals surface area contributed by atoms with Crippen molar-refractivity contribution < 1.29 is 9.90 Å². The summed E-state index contributed by atoms with van der Waals surface area (Å²) in [7, 11) is 0. The Bertz CT molecular complexity index is 94.0. The average Bonchev–Trinajstić information content (AvgIpc) is 1.64. The van der Waals surface area contributed by atoms with Gasteiger partial charge in [0.15, 0.2) is 0 Å². The smallest absolute Gasteiger partial charge is 0.322 e. The van der Waals surface area contributed by atoms with Gasteiger partial charge in [-0.3, -0.25) is 4.79 Å². The molecule has 0 saturated carbocycles. The minimum atomic E-state index is -1.06. The van der Waals surface area contributed by atoms with Crippen molar-refractivity contribution in [3.8, 4) is 0 Å². The van der Waals surface area contributed by atoms with E-state index in [1.165, 1.54) is 0 Å². The molecule has 3 N–H and O–H groups in total. The van der Waals surface area contributed by atoms with E-state index in [9.17, 15) is 4.79 Å². The molecule has 0 aromatic heterocycles. The molecule has 0 rings (SSSR count). The molecule has 48 valence electrons. The second-order valence-electron chi connectivity index (χ2n) is 1.54. The predicted molar refractivity (Wildman–Crippen MR) is 30.9 cm³/mol. The molecule has 0 radical (unpaired) electrons. The number of halogens is 1. The number of carboxylic acids is 1. The third-order valence-electron chi connectivity index (χ3n) is 0.780. The molecule has 0 unspecified atom stereocenters. The van der Waals surface area contributed by atoms with Crippen LogP contribution in [0.25, 0.3) is 0 Å². The van der Waals surface area contributed by atoms with Crippen LogP contribution in [0.1, 0.15) is 6.92 Å². The van der Waals surface area contributed by atoms with E-state index in [2.05, 4.69) is 0 Å². The summed E-state index contributed by atoms with van der Waals surface area (Å²) < 4.78 is 0. The first-order chi connectivity index (χ1) is 3.55. The number of nitrogens with two attached hydrogens (primary N) is 1. The van der Waals surface area contributed by atoms with E-state index in [1.807, 2.05) is 0 Å². The van der Waals surface area contributed by atoms with Crippen LogP contribution in [0.2, 0.25) is 0 Å². The molecule has 0 bridgehead atoms. The van der Waals surface area contributed by atoms with Crippen LogP contribution in [-0.4, -0.2) is 22.5 Å². The second kappa shape index (κ2) is 2.89. The van der Waals surface area contributed by atoms with Gasteiger partial charge in [-0.15, -0.1) is 11.6 Å². The molecule has 0 aromatic rings. The minimum Gasteiger partial charge on any atom is -0.480 e. The number of hydrogen-bond donors (Lipinski definition) is 2. The molecule has 0 aliphatic rings. The van der Waals surface area contributed by atoms with Crippen molar-refractivity contribution in [2.24, 2.45) is 5.73 Å². The summed E-state index contributed by atoms with van der Waals surface area (Å²) in [4.78, 5) is 9.93. The molecule has 3 nitrogen and oxygen atoms in total. The van der Waals surface area contributed by atoms with Crippen LogP contribution in [0.4, 0.5) is 0 Å². The molecule has 0 spiro atoms. The van der Waals surface area contributed by atoms with Crippen LogP contribution in [0, 0.1) is 0 Å². The molecule has 0 heterocycles. The lowest BCUT2D eigenvalue weighted by atomic mass is 10.2. The number of hydrogen-bond acceptors (Lipinski definition) is 2. The Morgan fingerprint density at radius 3 is 2.25 bits per heavy atom. The van der Waals surface area contributed by atoms with Gasteiger partial charge < -0.3 is 10.8 Å². The topological polar surface area (TPSA) is 63.3 Å². The van der Waals surface area contributed by atoms with Crippen molar-refractivity contribution in [3.63, 3.8) is 0 Å². The van der Waals surface area contributed by atoms with Gasteiger partial charge in [0.2, 0.25) is 0 Å². The van der Waals surface area contributed by atoms with Crippen LogP contribution in [-0.2, 0) is 4.79 Å². The van der Waals surface area contributed by atoms with Gasteiger partial charge >= 0.3 is 5.97 Å². The fourth-order valence-corrected chi connectivity index (χ4v) is 0.304. The highest BCUT2D eigenvalue weighted by Crippen LogP contribution is 1.97. The first-order valence-corrected chi connectivity index (χ1v) is 2.62. The molecule has 0 fully saturated rings. The fourth-order valence-electron chi connectivity index (χ4n) is 0.196. The molecule has 0 aliphatic carbocycles. The zero-order valence-corrected chi connectivity index (χ0v) is 5.22. The summed E-state index contributed by atoms with van der Waals surface area (Å²) in [5, 5.41) is 7.64. The lowest BCUT2D eigenvalue weighted by Crippen LogP contribution is -2.37. The van der Waals surface area contributed by atoms with E-state index in [1.54, 1.807) is 6.92 Å². The number of carboxylic acid groups (broad SMARTS) is 1. The van der Waals surface area contributed by atoms with Gasteiger partial charge in [-0.2, -0.15) is 0 Å². The maximum absolute atomic E-state index is 9.93. The molecular formula is C4H8ClNO2. The quantitative estimate of drug-likeness (QED) is 0.528. The van der Waals surface area contributed by atoms with Gasteiger partial charge in [0, 0.05) is 0 Å². The fraction of sp³-hybridized carbons (Fsp3) is 0.750. The van der Waals surface area contributed by atoms with Gasteiger partial charge in [0.25, 0.3) is 0 Å². The van der Waals surface area contributed by atoms with Crippen LogP contribution < -0.4 is 5.73 Å². The first-order valence-electron chi connectivity index (χ1n) is 2.18. The van der Waals surface area contributed by atoms with Crippen LogP contribution >= 0.6 is 11.6 Å². The first kappa shape index (κ1) is 7.72. The van der Waals surface area contributed by atoms with Crippen molar-refractivity contribution in [2.75, 3.05) is 0 Å². The van der Waals surface area contributed by atoms with E-state index in [-0.39, 0.29) is 0 Å². The van der Waals surface area contributed by atoms with Crippen molar-refractivity contribution in [1.29, 1.82) is 0 Å². The van der Waals surface area contributed by atoms with Crippen molar-refractivity contribution in [1.82, 2.24) is 0 Å². The highest BCUT2D eigenvalue weighted by Gasteiger charge is 2.16. The zero-order chi connectivity index (χ0) is 6.73. The van der Waals surface area contributed by atoms with Crippen molar-refractivity contribution >= 4 is 17.6 Å².